The number of carbonyl (C=O) groups is 3. The molecule has 0 aromatic carbocycles. The summed E-state index contributed by atoms with van der Waals surface area (Å²) in [7, 11) is 0. The Morgan fingerprint density at radius 3 is 0.925 bits per heavy atom. The van der Waals surface area contributed by atoms with Gasteiger partial charge in [-0.2, -0.15) is 0 Å². The second-order valence-electron chi connectivity index (χ2n) is 19.2. The minimum absolute atomic E-state index is 0.0928. The highest BCUT2D eigenvalue weighted by atomic mass is 16.6. The average Bonchev–Trinajstić information content (AvgIpc) is 3.33. The number of unbranched alkanes of at least 4 members (excludes halogenated alkanes) is 31. The molecule has 0 saturated heterocycles. The highest BCUT2D eigenvalue weighted by Gasteiger charge is 2.19. The van der Waals surface area contributed by atoms with Crippen molar-refractivity contribution in [2.75, 3.05) is 13.2 Å². The average molecular weight is 938 g/mol. The molecule has 388 valence electrons. The predicted molar refractivity (Wildman–Crippen MR) is 288 cm³/mol. The van der Waals surface area contributed by atoms with Gasteiger partial charge in [-0.15, -0.1) is 0 Å². The number of ether oxygens (including phenoxy) is 3. The van der Waals surface area contributed by atoms with Gasteiger partial charge in [-0.1, -0.05) is 229 Å². The topological polar surface area (TPSA) is 78.9 Å². The molecule has 0 aromatic heterocycles. The van der Waals surface area contributed by atoms with Crippen molar-refractivity contribution >= 4 is 17.9 Å². The van der Waals surface area contributed by atoms with Crippen LogP contribution in [0.1, 0.15) is 290 Å². The number of hydrogen-bond donors (Lipinski definition) is 0. The van der Waals surface area contributed by atoms with Crippen LogP contribution >= 0.6 is 0 Å². The van der Waals surface area contributed by atoms with Crippen LogP contribution in [0.15, 0.2) is 60.8 Å². The molecule has 0 aliphatic rings. The van der Waals surface area contributed by atoms with Crippen LogP contribution in [0.5, 0.6) is 0 Å². The third-order valence-corrected chi connectivity index (χ3v) is 12.5. The summed E-state index contributed by atoms with van der Waals surface area (Å²) < 4.78 is 16.8. The van der Waals surface area contributed by atoms with E-state index in [0.29, 0.717) is 19.3 Å². The standard InChI is InChI=1S/C61H108O6/c1-4-7-10-13-16-19-22-25-28-30-33-36-39-42-45-48-51-54-60(63)66-57-58(56-65-59(62)53-50-47-44-41-38-35-32-27-24-21-18-15-12-9-6-3)67-61(64)55-52-49-46-43-40-37-34-31-29-26-23-20-17-14-11-8-5-2/h21,24-26,28-29,33,36,42,45,58H,4-20,22-23,27,30-32,34-35,37-41,43-44,46-57H2,1-3H3/b24-21-,28-25-,29-26-,36-33-,45-42-. The minimum atomic E-state index is -0.798. The Morgan fingerprint density at radius 1 is 0.299 bits per heavy atom. The fraction of sp³-hybridized carbons (Fsp3) is 0.787. The second kappa shape index (κ2) is 55.7. The maximum atomic E-state index is 12.8. The molecule has 6 heteroatoms. The van der Waals surface area contributed by atoms with E-state index >= 15 is 0 Å². The SMILES string of the molecule is CCCCCC/C=C\CCCCCCCCCC(=O)OCC(COC(=O)CCC/C=C\C/C=C\C/C=C\CCCCCCCC)OC(=O)CCCCCCCCC/C=C\CCCCCCCC. The third kappa shape index (κ3) is 53.9. The van der Waals surface area contributed by atoms with Crippen LogP contribution < -0.4 is 0 Å². The Balaban J connectivity index is 4.45. The van der Waals surface area contributed by atoms with Crippen molar-refractivity contribution < 1.29 is 28.6 Å². The first kappa shape index (κ1) is 64.1. The van der Waals surface area contributed by atoms with Gasteiger partial charge in [-0.25, -0.2) is 0 Å². The van der Waals surface area contributed by atoms with Crippen LogP contribution in [0.2, 0.25) is 0 Å². The second-order valence-corrected chi connectivity index (χ2v) is 19.2. The molecule has 67 heavy (non-hydrogen) atoms. The zero-order valence-electron chi connectivity index (χ0n) is 44.4. The summed E-state index contributed by atoms with van der Waals surface area (Å²) in [6.07, 6.45) is 69.3. The van der Waals surface area contributed by atoms with Gasteiger partial charge in [0.1, 0.15) is 13.2 Å². The quantitative estimate of drug-likeness (QED) is 0.0262. The summed E-state index contributed by atoms with van der Waals surface area (Å²) in [5, 5.41) is 0. The summed E-state index contributed by atoms with van der Waals surface area (Å²) >= 11 is 0. The van der Waals surface area contributed by atoms with Gasteiger partial charge >= 0.3 is 17.9 Å². The van der Waals surface area contributed by atoms with Crippen molar-refractivity contribution in [1.82, 2.24) is 0 Å². The van der Waals surface area contributed by atoms with Crippen LogP contribution in [-0.4, -0.2) is 37.2 Å². The third-order valence-electron chi connectivity index (χ3n) is 12.5. The number of hydrogen-bond acceptors (Lipinski definition) is 6. The first-order valence-electron chi connectivity index (χ1n) is 28.8. The lowest BCUT2D eigenvalue weighted by molar-refractivity contribution is -0.167. The van der Waals surface area contributed by atoms with E-state index in [1.165, 1.54) is 186 Å². The van der Waals surface area contributed by atoms with Gasteiger partial charge in [-0.05, 0) is 103 Å². The highest BCUT2D eigenvalue weighted by molar-refractivity contribution is 5.71. The Hall–Kier alpha value is -2.89. The van der Waals surface area contributed by atoms with Crippen LogP contribution in [0.3, 0.4) is 0 Å². The van der Waals surface area contributed by atoms with Crippen molar-refractivity contribution in [3.05, 3.63) is 60.8 Å². The molecule has 0 fully saturated rings. The van der Waals surface area contributed by atoms with E-state index in [-0.39, 0.29) is 37.5 Å². The fourth-order valence-corrected chi connectivity index (χ4v) is 8.10. The fourth-order valence-electron chi connectivity index (χ4n) is 8.10. The van der Waals surface area contributed by atoms with Crippen molar-refractivity contribution in [3.63, 3.8) is 0 Å². The van der Waals surface area contributed by atoms with Crippen LogP contribution in [0, 0.1) is 0 Å². The predicted octanol–water partition coefficient (Wildman–Crippen LogP) is 19.2. The molecular weight excluding hydrogens is 829 g/mol. The number of carbonyl (C=O) groups excluding carboxylic acids is 3. The molecule has 0 heterocycles. The van der Waals surface area contributed by atoms with Crippen LogP contribution in [0.25, 0.3) is 0 Å². The van der Waals surface area contributed by atoms with E-state index in [9.17, 15) is 14.4 Å². The lowest BCUT2D eigenvalue weighted by atomic mass is 10.1. The van der Waals surface area contributed by atoms with E-state index in [2.05, 4.69) is 81.5 Å². The van der Waals surface area contributed by atoms with Crippen LogP contribution in [0.4, 0.5) is 0 Å². The van der Waals surface area contributed by atoms with Crippen molar-refractivity contribution in [3.8, 4) is 0 Å². The number of allylic oxidation sites excluding steroid dienone is 10. The monoisotopic (exact) mass is 937 g/mol. The summed E-state index contributed by atoms with van der Waals surface area (Å²) in [6.45, 7) is 6.59. The van der Waals surface area contributed by atoms with E-state index < -0.39 is 6.10 Å². The molecule has 0 aromatic rings. The Kier molecular flexibility index (Phi) is 53.3. The van der Waals surface area contributed by atoms with Gasteiger partial charge in [-0.3, -0.25) is 14.4 Å². The van der Waals surface area contributed by atoms with Crippen molar-refractivity contribution in [2.45, 2.75) is 297 Å². The first-order valence-corrected chi connectivity index (χ1v) is 28.8. The molecule has 0 saturated carbocycles. The molecule has 0 bridgehead atoms. The smallest absolute Gasteiger partial charge is 0.306 e. The Labute approximate surface area is 415 Å². The largest absolute Gasteiger partial charge is 0.462 e. The minimum Gasteiger partial charge on any atom is -0.462 e. The van der Waals surface area contributed by atoms with Gasteiger partial charge < -0.3 is 14.2 Å². The molecule has 1 unspecified atom stereocenters. The van der Waals surface area contributed by atoms with Crippen LogP contribution in [-0.2, 0) is 28.6 Å². The zero-order valence-corrected chi connectivity index (χ0v) is 44.4. The summed E-state index contributed by atoms with van der Waals surface area (Å²) in [4.78, 5) is 38.1. The van der Waals surface area contributed by atoms with Crippen molar-refractivity contribution in [1.29, 1.82) is 0 Å². The molecular formula is C61H108O6. The molecule has 1 atom stereocenters. The Morgan fingerprint density at radius 2 is 0.552 bits per heavy atom. The van der Waals surface area contributed by atoms with Gasteiger partial charge in [0, 0.05) is 19.3 Å². The van der Waals surface area contributed by atoms with Gasteiger partial charge in [0.15, 0.2) is 6.10 Å². The molecule has 0 radical (unpaired) electrons. The zero-order chi connectivity index (χ0) is 48.6. The summed E-state index contributed by atoms with van der Waals surface area (Å²) in [5.41, 5.74) is 0. The van der Waals surface area contributed by atoms with Gasteiger partial charge in [0.2, 0.25) is 0 Å². The normalized spacial score (nSPS) is 12.5. The molecule has 0 rings (SSSR count). The first-order chi connectivity index (χ1) is 33.0. The number of esters is 3. The van der Waals surface area contributed by atoms with Gasteiger partial charge in [0.25, 0.3) is 0 Å². The summed E-state index contributed by atoms with van der Waals surface area (Å²) in [5.74, 6) is -0.946. The molecule has 0 spiro atoms. The highest BCUT2D eigenvalue weighted by Crippen LogP contribution is 2.15. The molecule has 6 nitrogen and oxygen atoms in total. The molecule has 0 aliphatic heterocycles. The molecule has 0 aliphatic carbocycles. The Bertz CT molecular complexity index is 1210. The molecule has 0 N–H and O–H groups in total. The lowest BCUT2D eigenvalue weighted by Gasteiger charge is -2.18. The maximum Gasteiger partial charge on any atom is 0.306 e. The van der Waals surface area contributed by atoms with Crippen molar-refractivity contribution in [2.24, 2.45) is 0 Å². The summed E-state index contributed by atoms with van der Waals surface area (Å²) in [6, 6.07) is 0. The van der Waals surface area contributed by atoms with Gasteiger partial charge in [0.05, 0.1) is 0 Å². The molecule has 0 amide bonds. The maximum absolute atomic E-state index is 12.8. The van der Waals surface area contributed by atoms with E-state index in [1.807, 2.05) is 0 Å². The van der Waals surface area contributed by atoms with E-state index in [4.69, 9.17) is 14.2 Å². The number of rotatable bonds is 52. The lowest BCUT2D eigenvalue weighted by Crippen LogP contribution is -2.30. The van der Waals surface area contributed by atoms with E-state index in [1.54, 1.807) is 0 Å². The van der Waals surface area contributed by atoms with E-state index in [0.717, 1.165) is 57.8 Å².